The first-order valence-corrected chi connectivity index (χ1v) is 5.38. The average Bonchev–Trinajstić information content (AvgIpc) is 2.26. The van der Waals surface area contributed by atoms with Gasteiger partial charge in [0.15, 0.2) is 0 Å². The summed E-state index contributed by atoms with van der Waals surface area (Å²) in [7, 11) is 0. The van der Waals surface area contributed by atoms with Crippen LogP contribution in [0.15, 0.2) is 67.0 Å². The smallest absolute Gasteiger partial charge is 0.0203 e. The summed E-state index contributed by atoms with van der Waals surface area (Å²) in [6.45, 7) is 5.59. The molecule has 80 valence electrons. The zero-order chi connectivity index (χ0) is 11.2. The first-order valence-electron chi connectivity index (χ1n) is 5.38. The molecule has 0 unspecified atom stereocenters. The van der Waals surface area contributed by atoms with Gasteiger partial charge in [-0.2, -0.15) is 0 Å². The highest BCUT2D eigenvalue weighted by Crippen LogP contribution is 1.98. The number of allylic oxidation sites excluding steroid dienone is 8. The molecule has 0 saturated carbocycles. The Hall–Kier alpha value is -1.52. The molecule has 0 saturated heterocycles. The quantitative estimate of drug-likeness (QED) is 0.316. The van der Waals surface area contributed by atoms with E-state index in [2.05, 4.69) is 36.6 Å². The van der Waals surface area contributed by atoms with E-state index in [1.807, 2.05) is 25.2 Å². The van der Waals surface area contributed by atoms with Gasteiger partial charge in [0, 0.05) is 0 Å². The van der Waals surface area contributed by atoms with Gasteiger partial charge in [-0.3, -0.25) is 0 Å². The maximum absolute atomic E-state index is 3.57. The normalized spacial score (nSPS) is 11.0. The lowest BCUT2D eigenvalue weighted by Crippen LogP contribution is -1.67. The van der Waals surface area contributed by atoms with Crippen molar-refractivity contribution in [1.82, 2.24) is 0 Å². The van der Waals surface area contributed by atoms with Crippen LogP contribution in [0.2, 0.25) is 0 Å². The Morgan fingerprint density at radius 3 is 2.40 bits per heavy atom. The predicted molar refractivity (Wildman–Crippen MR) is 69.8 cm³/mol. The van der Waals surface area contributed by atoms with Crippen molar-refractivity contribution >= 4 is 0 Å². The van der Waals surface area contributed by atoms with Gasteiger partial charge < -0.3 is 0 Å². The maximum atomic E-state index is 3.57. The maximum Gasteiger partial charge on any atom is -0.0203 e. The standard InChI is InChI=1S/C15H20/c1-3-5-7-9-11-13-15-14-12-10-8-6-4-2/h3-6,8-11,13H,1,12,14-15H2,2H3. The van der Waals surface area contributed by atoms with E-state index in [9.17, 15) is 0 Å². The molecule has 0 rings (SSSR count). The molecule has 0 aliphatic heterocycles. The van der Waals surface area contributed by atoms with Crippen molar-refractivity contribution < 1.29 is 0 Å². The third kappa shape index (κ3) is 12.5. The van der Waals surface area contributed by atoms with Gasteiger partial charge in [0.25, 0.3) is 0 Å². The first-order chi connectivity index (χ1) is 7.41. The van der Waals surface area contributed by atoms with Crippen LogP contribution in [0, 0.1) is 0 Å². The van der Waals surface area contributed by atoms with Gasteiger partial charge in [0.1, 0.15) is 0 Å². The minimum absolute atomic E-state index is 1.12. The average molecular weight is 200 g/mol. The zero-order valence-corrected chi connectivity index (χ0v) is 9.52. The molecule has 0 aliphatic rings. The molecule has 0 aromatic heterocycles. The molecule has 0 bridgehead atoms. The fraction of sp³-hybridized carbons (Fsp3) is 0.267. The first kappa shape index (κ1) is 13.5. The van der Waals surface area contributed by atoms with Gasteiger partial charge in [0.2, 0.25) is 0 Å². The largest absolute Gasteiger partial charge is 0.121 e. The van der Waals surface area contributed by atoms with Crippen molar-refractivity contribution in [2.75, 3.05) is 0 Å². The summed E-state index contributed by atoms with van der Waals surface area (Å²) in [6, 6.07) is 0. The summed E-state index contributed by atoms with van der Waals surface area (Å²) in [4.78, 5) is 0. The molecular weight excluding hydrogens is 180 g/mol. The van der Waals surface area contributed by atoms with Crippen LogP contribution in [0.1, 0.15) is 26.2 Å². The van der Waals surface area contributed by atoms with E-state index in [1.165, 1.54) is 6.42 Å². The lowest BCUT2D eigenvalue weighted by molar-refractivity contribution is 0.868. The third-order valence-corrected chi connectivity index (χ3v) is 1.72. The van der Waals surface area contributed by atoms with Crippen molar-refractivity contribution in [1.29, 1.82) is 0 Å². The second-order valence-corrected chi connectivity index (χ2v) is 3.05. The topological polar surface area (TPSA) is 0 Å². The van der Waals surface area contributed by atoms with Gasteiger partial charge in [-0.15, -0.1) is 5.73 Å². The van der Waals surface area contributed by atoms with Crippen molar-refractivity contribution in [3.05, 3.63) is 67.0 Å². The predicted octanol–water partition coefficient (Wildman–Crippen LogP) is 4.74. The fourth-order valence-corrected chi connectivity index (χ4v) is 0.983. The molecule has 0 fully saturated rings. The van der Waals surface area contributed by atoms with E-state index < -0.39 is 0 Å². The van der Waals surface area contributed by atoms with Gasteiger partial charge in [-0.1, -0.05) is 49.1 Å². The SMILES string of the molecule is C=CC=C=CC=CCCCC=CC=CC. The summed E-state index contributed by atoms with van der Waals surface area (Å²) < 4.78 is 0. The second kappa shape index (κ2) is 12.5. The van der Waals surface area contributed by atoms with E-state index >= 15 is 0 Å². The molecule has 0 aliphatic carbocycles. The zero-order valence-electron chi connectivity index (χ0n) is 9.52. The molecule has 0 N–H and O–H groups in total. The highest BCUT2D eigenvalue weighted by molar-refractivity contribution is 5.06. The Labute approximate surface area is 93.7 Å². The molecule has 0 amide bonds. The van der Waals surface area contributed by atoms with Crippen LogP contribution in [0.3, 0.4) is 0 Å². The number of hydrogen-bond donors (Lipinski definition) is 0. The number of unbranched alkanes of at least 4 members (excludes halogenated alkanes) is 2. The molecule has 0 aromatic rings. The summed E-state index contributed by atoms with van der Waals surface area (Å²) in [5.41, 5.74) is 2.98. The van der Waals surface area contributed by atoms with E-state index in [0.29, 0.717) is 0 Å². The lowest BCUT2D eigenvalue weighted by Gasteiger charge is -1.87. The fourth-order valence-electron chi connectivity index (χ4n) is 0.983. The summed E-state index contributed by atoms with van der Waals surface area (Å²) in [5, 5.41) is 0. The summed E-state index contributed by atoms with van der Waals surface area (Å²) in [6.07, 6.45) is 21.4. The van der Waals surface area contributed by atoms with Crippen LogP contribution in [-0.2, 0) is 0 Å². The Balaban J connectivity index is 3.46. The van der Waals surface area contributed by atoms with E-state index in [0.717, 1.165) is 12.8 Å². The summed E-state index contributed by atoms with van der Waals surface area (Å²) in [5.74, 6) is 0. The lowest BCUT2D eigenvalue weighted by atomic mass is 10.2. The minimum Gasteiger partial charge on any atom is -0.121 e. The number of hydrogen-bond acceptors (Lipinski definition) is 0. The Bertz CT molecular complexity index is 281. The van der Waals surface area contributed by atoms with Gasteiger partial charge in [-0.05, 0) is 38.3 Å². The molecule has 0 nitrogen and oxygen atoms in total. The van der Waals surface area contributed by atoms with Crippen molar-refractivity contribution in [3.8, 4) is 0 Å². The molecule has 0 radical (unpaired) electrons. The van der Waals surface area contributed by atoms with E-state index in [1.54, 1.807) is 12.2 Å². The molecule has 0 heterocycles. The summed E-state index contributed by atoms with van der Waals surface area (Å²) >= 11 is 0. The molecule has 0 atom stereocenters. The second-order valence-electron chi connectivity index (χ2n) is 3.05. The Kier molecular flexibility index (Phi) is 11.2. The van der Waals surface area contributed by atoms with Crippen LogP contribution in [0.25, 0.3) is 0 Å². The van der Waals surface area contributed by atoms with Crippen molar-refractivity contribution in [2.24, 2.45) is 0 Å². The van der Waals surface area contributed by atoms with Gasteiger partial charge in [-0.25, -0.2) is 0 Å². The molecule has 0 aromatic carbocycles. The van der Waals surface area contributed by atoms with E-state index in [4.69, 9.17) is 0 Å². The Morgan fingerprint density at radius 2 is 1.73 bits per heavy atom. The van der Waals surface area contributed by atoms with Crippen LogP contribution in [-0.4, -0.2) is 0 Å². The molecule has 15 heavy (non-hydrogen) atoms. The van der Waals surface area contributed by atoms with Gasteiger partial charge >= 0.3 is 0 Å². The van der Waals surface area contributed by atoms with Crippen LogP contribution < -0.4 is 0 Å². The van der Waals surface area contributed by atoms with Gasteiger partial charge in [0.05, 0.1) is 0 Å². The van der Waals surface area contributed by atoms with Crippen LogP contribution in [0.4, 0.5) is 0 Å². The molecular formula is C15H20. The monoisotopic (exact) mass is 200 g/mol. The molecule has 0 heteroatoms. The minimum atomic E-state index is 1.12. The Morgan fingerprint density at radius 1 is 1.00 bits per heavy atom. The highest BCUT2D eigenvalue weighted by Gasteiger charge is 1.78. The van der Waals surface area contributed by atoms with Crippen molar-refractivity contribution in [2.45, 2.75) is 26.2 Å². The third-order valence-electron chi connectivity index (χ3n) is 1.72. The number of rotatable bonds is 7. The van der Waals surface area contributed by atoms with Crippen molar-refractivity contribution in [3.63, 3.8) is 0 Å². The van der Waals surface area contributed by atoms with E-state index in [-0.39, 0.29) is 0 Å². The highest BCUT2D eigenvalue weighted by atomic mass is 13.8. The van der Waals surface area contributed by atoms with Crippen LogP contribution in [0.5, 0.6) is 0 Å². The molecule has 0 spiro atoms. The van der Waals surface area contributed by atoms with Crippen LogP contribution >= 0.6 is 0 Å².